The standard InChI is InChI=1S/C24H29N5O/c25-15-18-7-9-21(10-8-18)29-13-3-4-20(16-29)27-22-5-1-2-6-23(22)28-24-14-19(17-30)11-12-26-24/h7-12,14,17,20,22-23,27H,1-6,13,16H2,(H,26,28). The van der Waals surface area contributed by atoms with Crippen LogP contribution in [0, 0.1) is 11.3 Å². The molecule has 3 atom stereocenters. The van der Waals surface area contributed by atoms with Crippen molar-refractivity contribution < 1.29 is 4.79 Å². The molecule has 2 aliphatic rings. The van der Waals surface area contributed by atoms with Gasteiger partial charge in [-0.25, -0.2) is 4.98 Å². The molecule has 1 aromatic heterocycles. The van der Waals surface area contributed by atoms with E-state index in [-0.39, 0.29) is 0 Å². The normalized spacial score (nSPS) is 24.1. The number of benzene rings is 1. The number of anilines is 2. The zero-order valence-corrected chi connectivity index (χ0v) is 17.3. The number of nitrogens with zero attached hydrogens (tertiary/aromatic N) is 3. The number of carbonyl (C=O) groups is 1. The van der Waals surface area contributed by atoms with Crippen molar-refractivity contribution in [3.05, 3.63) is 53.7 Å². The van der Waals surface area contributed by atoms with Crippen LogP contribution in [0.4, 0.5) is 11.5 Å². The summed E-state index contributed by atoms with van der Waals surface area (Å²) in [5, 5.41) is 16.5. The number of aldehydes is 1. The maximum atomic E-state index is 11.1. The highest BCUT2D eigenvalue weighted by molar-refractivity contribution is 5.76. The van der Waals surface area contributed by atoms with Crippen LogP contribution in [0.3, 0.4) is 0 Å². The molecule has 1 aliphatic carbocycles. The average molecular weight is 404 g/mol. The van der Waals surface area contributed by atoms with E-state index in [0.717, 1.165) is 44.5 Å². The van der Waals surface area contributed by atoms with Crippen molar-refractivity contribution in [2.75, 3.05) is 23.3 Å². The van der Waals surface area contributed by atoms with Gasteiger partial charge >= 0.3 is 0 Å². The lowest BCUT2D eigenvalue weighted by molar-refractivity contribution is 0.112. The number of pyridine rings is 1. The molecule has 0 amide bonds. The molecule has 6 nitrogen and oxygen atoms in total. The van der Waals surface area contributed by atoms with Gasteiger partial charge in [0.25, 0.3) is 0 Å². The van der Waals surface area contributed by atoms with Crippen LogP contribution in [0.5, 0.6) is 0 Å². The van der Waals surface area contributed by atoms with Crippen molar-refractivity contribution in [2.24, 2.45) is 0 Å². The Bertz CT molecular complexity index is 891. The Balaban J connectivity index is 1.39. The molecule has 2 heterocycles. The maximum absolute atomic E-state index is 11.1. The number of hydrogen-bond acceptors (Lipinski definition) is 6. The van der Waals surface area contributed by atoms with Crippen molar-refractivity contribution in [1.82, 2.24) is 10.3 Å². The number of nitriles is 1. The lowest BCUT2D eigenvalue weighted by Crippen LogP contribution is -2.55. The van der Waals surface area contributed by atoms with E-state index in [1.807, 2.05) is 18.2 Å². The predicted molar refractivity (Wildman–Crippen MR) is 119 cm³/mol. The Morgan fingerprint density at radius 3 is 2.63 bits per heavy atom. The van der Waals surface area contributed by atoms with E-state index >= 15 is 0 Å². The van der Waals surface area contributed by atoms with Gasteiger partial charge in [-0.3, -0.25) is 4.79 Å². The largest absolute Gasteiger partial charge is 0.370 e. The van der Waals surface area contributed by atoms with E-state index in [0.29, 0.717) is 29.3 Å². The van der Waals surface area contributed by atoms with E-state index in [1.54, 1.807) is 12.3 Å². The molecule has 1 aromatic carbocycles. The van der Waals surface area contributed by atoms with Gasteiger partial charge < -0.3 is 15.5 Å². The fourth-order valence-corrected chi connectivity index (χ4v) is 4.69. The molecular formula is C24H29N5O. The van der Waals surface area contributed by atoms with Crippen LogP contribution in [0.25, 0.3) is 0 Å². The molecule has 156 valence electrons. The summed E-state index contributed by atoms with van der Waals surface area (Å²) >= 11 is 0. The highest BCUT2D eigenvalue weighted by atomic mass is 16.1. The summed E-state index contributed by atoms with van der Waals surface area (Å²) < 4.78 is 0. The molecule has 1 saturated heterocycles. The molecule has 3 unspecified atom stereocenters. The molecule has 6 heteroatoms. The SMILES string of the molecule is N#Cc1ccc(N2CCCC(NC3CCCCC3Nc3cc(C=O)ccn3)C2)cc1. The quantitative estimate of drug-likeness (QED) is 0.715. The maximum Gasteiger partial charge on any atom is 0.150 e. The van der Waals surface area contributed by atoms with E-state index in [4.69, 9.17) is 5.26 Å². The Morgan fingerprint density at radius 2 is 1.87 bits per heavy atom. The van der Waals surface area contributed by atoms with Crippen molar-refractivity contribution in [1.29, 1.82) is 5.26 Å². The zero-order valence-electron chi connectivity index (χ0n) is 17.3. The first-order chi connectivity index (χ1) is 14.7. The van der Waals surface area contributed by atoms with Crippen LogP contribution in [-0.2, 0) is 0 Å². The molecule has 2 fully saturated rings. The van der Waals surface area contributed by atoms with Gasteiger partial charge in [-0.05, 0) is 62.1 Å². The Hall–Kier alpha value is -2.91. The number of rotatable bonds is 6. The fourth-order valence-electron chi connectivity index (χ4n) is 4.69. The van der Waals surface area contributed by atoms with Gasteiger partial charge in [-0.15, -0.1) is 0 Å². The third-order valence-corrected chi connectivity index (χ3v) is 6.25. The van der Waals surface area contributed by atoms with Crippen LogP contribution >= 0.6 is 0 Å². The number of carbonyl (C=O) groups excluding carboxylic acids is 1. The van der Waals surface area contributed by atoms with Crippen molar-refractivity contribution in [3.8, 4) is 6.07 Å². The van der Waals surface area contributed by atoms with E-state index in [9.17, 15) is 4.79 Å². The Morgan fingerprint density at radius 1 is 1.07 bits per heavy atom. The summed E-state index contributed by atoms with van der Waals surface area (Å²) in [5.74, 6) is 0.779. The van der Waals surface area contributed by atoms with Crippen molar-refractivity contribution >= 4 is 17.8 Å². The molecular weight excluding hydrogens is 374 g/mol. The van der Waals surface area contributed by atoms with E-state index in [2.05, 4.69) is 38.7 Å². The molecule has 1 saturated carbocycles. The first-order valence-electron chi connectivity index (χ1n) is 10.9. The van der Waals surface area contributed by atoms with Gasteiger partial charge in [0.15, 0.2) is 0 Å². The van der Waals surface area contributed by atoms with Gasteiger partial charge in [0.2, 0.25) is 0 Å². The summed E-state index contributed by atoms with van der Waals surface area (Å²) in [6.45, 7) is 2.03. The Labute approximate surface area is 178 Å². The van der Waals surface area contributed by atoms with Gasteiger partial charge in [-0.1, -0.05) is 12.8 Å². The summed E-state index contributed by atoms with van der Waals surface area (Å²) in [5.41, 5.74) is 2.54. The Kier molecular flexibility index (Phi) is 6.60. The first-order valence-corrected chi connectivity index (χ1v) is 10.9. The third kappa shape index (κ3) is 4.98. The van der Waals surface area contributed by atoms with Crippen molar-refractivity contribution in [3.63, 3.8) is 0 Å². The lowest BCUT2D eigenvalue weighted by atomic mass is 9.89. The minimum atomic E-state index is 0.318. The summed E-state index contributed by atoms with van der Waals surface area (Å²) in [6.07, 6.45) is 9.60. The van der Waals surface area contributed by atoms with Crippen molar-refractivity contribution in [2.45, 2.75) is 56.7 Å². The fraction of sp³-hybridized carbons (Fsp3) is 0.458. The zero-order chi connectivity index (χ0) is 20.8. The second-order valence-electron chi connectivity index (χ2n) is 8.34. The number of aromatic nitrogens is 1. The number of nitrogens with one attached hydrogen (secondary N) is 2. The molecule has 0 spiro atoms. The van der Waals surface area contributed by atoms with Crippen LogP contribution in [0.1, 0.15) is 54.4 Å². The molecule has 4 rings (SSSR count). The van der Waals surface area contributed by atoms with E-state index in [1.165, 1.54) is 24.9 Å². The minimum absolute atomic E-state index is 0.318. The molecule has 1 aliphatic heterocycles. The monoisotopic (exact) mass is 403 g/mol. The van der Waals surface area contributed by atoms with Gasteiger partial charge in [0, 0.05) is 48.7 Å². The van der Waals surface area contributed by atoms with Crippen LogP contribution < -0.4 is 15.5 Å². The minimum Gasteiger partial charge on any atom is -0.370 e. The summed E-state index contributed by atoms with van der Waals surface area (Å²) in [7, 11) is 0. The van der Waals surface area contributed by atoms with Crippen LogP contribution in [-0.4, -0.2) is 42.5 Å². The molecule has 2 aromatic rings. The highest BCUT2D eigenvalue weighted by Gasteiger charge is 2.29. The van der Waals surface area contributed by atoms with Gasteiger partial charge in [-0.2, -0.15) is 5.26 Å². The van der Waals surface area contributed by atoms with Gasteiger partial charge in [0.05, 0.1) is 11.6 Å². The smallest absolute Gasteiger partial charge is 0.150 e. The van der Waals surface area contributed by atoms with Gasteiger partial charge in [0.1, 0.15) is 12.1 Å². The number of piperidine rings is 1. The molecule has 2 N–H and O–H groups in total. The first kappa shape index (κ1) is 20.4. The van der Waals surface area contributed by atoms with E-state index < -0.39 is 0 Å². The third-order valence-electron chi connectivity index (χ3n) is 6.25. The summed E-state index contributed by atoms with van der Waals surface area (Å²) in [6, 6.07) is 14.8. The van der Waals surface area contributed by atoms with Crippen LogP contribution in [0.2, 0.25) is 0 Å². The highest BCUT2D eigenvalue weighted by Crippen LogP contribution is 2.25. The second kappa shape index (κ2) is 9.73. The topological polar surface area (TPSA) is 81.0 Å². The predicted octanol–water partition coefficient (Wildman–Crippen LogP) is 3.75. The van der Waals surface area contributed by atoms with Crippen LogP contribution in [0.15, 0.2) is 42.6 Å². The molecule has 30 heavy (non-hydrogen) atoms. The summed E-state index contributed by atoms with van der Waals surface area (Å²) in [4.78, 5) is 17.9. The number of hydrogen-bond donors (Lipinski definition) is 2. The molecule has 0 radical (unpaired) electrons. The second-order valence-corrected chi connectivity index (χ2v) is 8.34. The molecule has 0 bridgehead atoms. The lowest BCUT2D eigenvalue weighted by Gasteiger charge is -2.40. The average Bonchev–Trinajstić information content (AvgIpc) is 2.81.